The van der Waals surface area contributed by atoms with Gasteiger partial charge in [-0.2, -0.15) is 0 Å². The number of aromatic nitrogens is 4. The molecule has 8 heteroatoms. The lowest BCUT2D eigenvalue weighted by atomic mass is 9.89. The molecule has 1 fully saturated rings. The monoisotopic (exact) mass is 436 g/mol. The second kappa shape index (κ2) is 9.21. The van der Waals surface area contributed by atoms with Crippen LogP contribution in [-0.2, 0) is 13.1 Å². The highest BCUT2D eigenvalue weighted by atomic mass is 32.1. The van der Waals surface area contributed by atoms with E-state index in [0.717, 1.165) is 39.5 Å². The van der Waals surface area contributed by atoms with Crippen molar-refractivity contribution >= 4 is 17.0 Å². The van der Waals surface area contributed by atoms with E-state index in [4.69, 9.17) is 0 Å². The van der Waals surface area contributed by atoms with Crippen molar-refractivity contribution in [3.8, 4) is 10.6 Å². The molecule has 0 spiro atoms. The lowest BCUT2D eigenvalue weighted by Gasteiger charge is -2.33. The van der Waals surface area contributed by atoms with Crippen molar-refractivity contribution in [3.63, 3.8) is 0 Å². The van der Waals surface area contributed by atoms with Crippen LogP contribution in [-0.4, -0.2) is 37.6 Å². The average Bonchev–Trinajstić information content (AvgIpc) is 3.47. The van der Waals surface area contributed by atoms with Gasteiger partial charge in [-0.15, -0.1) is 11.3 Å². The van der Waals surface area contributed by atoms with E-state index in [2.05, 4.69) is 31.7 Å². The van der Waals surface area contributed by atoms with Gasteiger partial charge < -0.3 is 15.0 Å². The first-order chi connectivity index (χ1) is 15.3. The molecule has 0 aromatic carbocycles. The predicted molar refractivity (Wildman–Crippen MR) is 121 cm³/mol. The second-order valence-corrected chi connectivity index (χ2v) is 9.07. The Labute approximate surface area is 184 Å². The Balaban J connectivity index is 1.11. The number of hydrogen-bond donors (Lipinski definition) is 2. The fraction of sp³-hybridized carbons (Fsp3) is 0.348. The number of fused-ring (bicyclic) bond motifs is 1. The minimum atomic E-state index is -0.862. The summed E-state index contributed by atoms with van der Waals surface area (Å²) in [6.45, 7) is 1.35. The number of pyridine rings is 2. The van der Waals surface area contributed by atoms with Crippen LogP contribution < -0.4 is 10.6 Å². The number of hydrogen-bond acceptors (Lipinski definition) is 6. The van der Waals surface area contributed by atoms with E-state index in [1.54, 1.807) is 23.7 Å². The van der Waals surface area contributed by atoms with E-state index in [1.165, 1.54) is 0 Å². The Morgan fingerprint density at radius 1 is 1.03 bits per heavy atom. The number of alkyl halides is 1. The van der Waals surface area contributed by atoms with E-state index in [-0.39, 0.29) is 12.1 Å². The van der Waals surface area contributed by atoms with Gasteiger partial charge in [0, 0.05) is 78.4 Å². The first kappa shape index (κ1) is 20.2. The lowest BCUT2D eigenvalue weighted by molar-refractivity contribution is 0.160. The van der Waals surface area contributed by atoms with Crippen LogP contribution in [0.2, 0.25) is 0 Å². The SMILES string of the molecule is F[C@H]1C[C@H](NCc2cccn3ccnc23)CC[C@H]1NCc1cnc(-c2cccnc2)s1. The van der Waals surface area contributed by atoms with Crippen LogP contribution in [0.4, 0.5) is 4.39 Å². The highest BCUT2D eigenvalue weighted by Gasteiger charge is 2.30. The summed E-state index contributed by atoms with van der Waals surface area (Å²) < 4.78 is 16.9. The maximum atomic E-state index is 14.9. The number of thiazole rings is 1. The van der Waals surface area contributed by atoms with Crippen molar-refractivity contribution in [2.45, 2.75) is 50.6 Å². The molecular formula is C23H25FN6S. The fourth-order valence-corrected chi connectivity index (χ4v) is 5.03. The first-order valence-electron chi connectivity index (χ1n) is 10.6. The van der Waals surface area contributed by atoms with Crippen LogP contribution in [0.15, 0.2) is 61.4 Å². The summed E-state index contributed by atoms with van der Waals surface area (Å²) in [6, 6.07) is 8.07. The standard InChI is InChI=1S/C23H25FN6S/c24-20-11-18(27-13-16-4-2-9-30-10-8-26-22(16)30)5-6-21(20)28-14-19-15-29-23(31-19)17-3-1-7-25-12-17/h1-4,7-10,12,15,18,20-21,27-28H,5-6,11,13-14H2/t18-,20+,21-/m1/s1. The summed E-state index contributed by atoms with van der Waals surface area (Å²) in [5.41, 5.74) is 3.11. The van der Waals surface area contributed by atoms with E-state index in [9.17, 15) is 4.39 Å². The van der Waals surface area contributed by atoms with E-state index < -0.39 is 6.17 Å². The van der Waals surface area contributed by atoms with Gasteiger partial charge >= 0.3 is 0 Å². The predicted octanol–water partition coefficient (Wildman–Crippen LogP) is 3.99. The molecule has 0 bridgehead atoms. The van der Waals surface area contributed by atoms with Gasteiger partial charge in [0.15, 0.2) is 0 Å². The zero-order valence-corrected chi connectivity index (χ0v) is 17.9. The molecule has 0 amide bonds. The molecule has 2 N–H and O–H groups in total. The summed E-state index contributed by atoms with van der Waals surface area (Å²) in [5, 5.41) is 7.88. The van der Waals surface area contributed by atoms with Gasteiger partial charge in [0.2, 0.25) is 0 Å². The maximum Gasteiger partial charge on any atom is 0.141 e. The summed E-state index contributed by atoms with van der Waals surface area (Å²) in [5.74, 6) is 0. The maximum absolute atomic E-state index is 14.9. The Morgan fingerprint density at radius 2 is 2.00 bits per heavy atom. The molecule has 4 aromatic rings. The van der Waals surface area contributed by atoms with Crippen LogP contribution in [0.1, 0.15) is 29.7 Å². The molecule has 5 rings (SSSR count). The molecule has 0 radical (unpaired) electrons. The summed E-state index contributed by atoms with van der Waals surface area (Å²) in [7, 11) is 0. The summed E-state index contributed by atoms with van der Waals surface area (Å²) >= 11 is 1.63. The first-order valence-corrected chi connectivity index (χ1v) is 11.4. The van der Waals surface area contributed by atoms with Crippen molar-refractivity contribution in [3.05, 3.63) is 71.9 Å². The zero-order chi connectivity index (χ0) is 21.0. The molecule has 1 aliphatic carbocycles. The molecule has 0 saturated heterocycles. The number of nitrogens with zero attached hydrogens (tertiary/aromatic N) is 4. The van der Waals surface area contributed by atoms with Crippen molar-refractivity contribution in [1.82, 2.24) is 30.0 Å². The quantitative estimate of drug-likeness (QED) is 0.459. The molecule has 31 heavy (non-hydrogen) atoms. The topological polar surface area (TPSA) is 67.1 Å². The third kappa shape index (κ3) is 4.66. The molecule has 6 nitrogen and oxygen atoms in total. The molecular weight excluding hydrogens is 411 g/mol. The Kier molecular flexibility index (Phi) is 6.01. The minimum absolute atomic E-state index is 0.113. The highest BCUT2D eigenvalue weighted by Crippen LogP contribution is 2.26. The largest absolute Gasteiger partial charge is 0.310 e. The minimum Gasteiger partial charge on any atom is -0.310 e. The van der Waals surface area contributed by atoms with Crippen LogP contribution in [0.5, 0.6) is 0 Å². The van der Waals surface area contributed by atoms with Crippen molar-refractivity contribution in [1.29, 1.82) is 0 Å². The van der Waals surface area contributed by atoms with Gasteiger partial charge in [0.25, 0.3) is 0 Å². The molecule has 0 unspecified atom stereocenters. The van der Waals surface area contributed by atoms with Crippen LogP contribution >= 0.6 is 11.3 Å². The van der Waals surface area contributed by atoms with Crippen LogP contribution in [0.25, 0.3) is 16.2 Å². The van der Waals surface area contributed by atoms with Gasteiger partial charge in [-0.3, -0.25) is 4.98 Å². The van der Waals surface area contributed by atoms with Crippen molar-refractivity contribution in [2.24, 2.45) is 0 Å². The Bertz CT molecular complexity index is 1130. The van der Waals surface area contributed by atoms with Crippen LogP contribution in [0, 0.1) is 0 Å². The van der Waals surface area contributed by atoms with Gasteiger partial charge in [-0.05, 0) is 37.5 Å². The molecule has 160 valence electrons. The number of nitrogens with one attached hydrogen (secondary N) is 2. The third-order valence-corrected chi connectivity index (χ3v) is 6.90. The molecule has 3 atom stereocenters. The molecule has 1 saturated carbocycles. The van der Waals surface area contributed by atoms with Gasteiger partial charge in [0.05, 0.1) is 0 Å². The van der Waals surface area contributed by atoms with Crippen LogP contribution in [0.3, 0.4) is 0 Å². The van der Waals surface area contributed by atoms with Crippen molar-refractivity contribution in [2.75, 3.05) is 0 Å². The fourth-order valence-electron chi connectivity index (χ4n) is 4.18. The van der Waals surface area contributed by atoms with Gasteiger partial charge in [-0.1, -0.05) is 6.07 Å². The Morgan fingerprint density at radius 3 is 2.87 bits per heavy atom. The molecule has 0 aliphatic heterocycles. The van der Waals surface area contributed by atoms with Gasteiger partial charge in [-0.25, -0.2) is 14.4 Å². The Hall–Kier alpha value is -2.68. The number of rotatable bonds is 7. The van der Waals surface area contributed by atoms with E-state index in [1.807, 2.05) is 47.4 Å². The van der Waals surface area contributed by atoms with Crippen molar-refractivity contribution < 1.29 is 4.39 Å². The van der Waals surface area contributed by atoms with Gasteiger partial charge in [0.1, 0.15) is 16.8 Å². The van der Waals surface area contributed by atoms with E-state index >= 15 is 0 Å². The normalized spacial score (nSPS) is 21.5. The number of halogens is 1. The smallest absolute Gasteiger partial charge is 0.141 e. The summed E-state index contributed by atoms with van der Waals surface area (Å²) in [6.07, 6.45) is 12.6. The lowest BCUT2D eigenvalue weighted by Crippen LogP contribution is -2.46. The average molecular weight is 437 g/mol. The molecule has 1 aliphatic rings. The summed E-state index contributed by atoms with van der Waals surface area (Å²) in [4.78, 5) is 14.1. The molecule has 4 aromatic heterocycles. The second-order valence-electron chi connectivity index (χ2n) is 7.96. The zero-order valence-electron chi connectivity index (χ0n) is 17.1. The highest BCUT2D eigenvalue weighted by molar-refractivity contribution is 7.15. The third-order valence-electron chi connectivity index (χ3n) is 5.85. The molecule has 4 heterocycles. The number of imidazole rings is 1. The van der Waals surface area contributed by atoms with E-state index in [0.29, 0.717) is 19.5 Å².